The number of carboxylic acid groups (broad SMARTS) is 2. The third kappa shape index (κ3) is 6.90. The Morgan fingerprint density at radius 1 is 0.714 bits per heavy atom. The molecule has 2 aromatic carbocycles. The van der Waals surface area contributed by atoms with E-state index in [-0.39, 0.29) is 12.8 Å². The van der Waals surface area contributed by atoms with Gasteiger partial charge in [0.15, 0.2) is 0 Å². The molecule has 2 unspecified atom stereocenters. The Labute approximate surface area is 162 Å². The van der Waals surface area contributed by atoms with Crippen molar-refractivity contribution in [2.45, 2.75) is 24.9 Å². The molecule has 0 saturated carbocycles. The van der Waals surface area contributed by atoms with Crippen LogP contribution in [0, 0.1) is 0 Å². The number of ether oxygens (including phenoxy) is 2. The van der Waals surface area contributed by atoms with Gasteiger partial charge >= 0.3 is 11.9 Å². The van der Waals surface area contributed by atoms with Crippen LogP contribution >= 0.6 is 0 Å². The molecule has 0 bridgehead atoms. The third-order valence-electron chi connectivity index (χ3n) is 4.01. The molecule has 28 heavy (non-hydrogen) atoms. The first-order chi connectivity index (χ1) is 13.3. The predicted molar refractivity (Wildman–Crippen MR) is 103 cm³/mol. The van der Waals surface area contributed by atoms with Crippen molar-refractivity contribution in [1.29, 1.82) is 0 Å². The summed E-state index contributed by atoms with van der Waals surface area (Å²) in [5.41, 5.74) is 12.7. The molecule has 2 rings (SSSR count). The second-order valence-corrected chi connectivity index (χ2v) is 6.28. The predicted octanol–water partition coefficient (Wildman–Crippen LogP) is 1.05. The van der Waals surface area contributed by atoms with Crippen molar-refractivity contribution in [3.63, 3.8) is 0 Å². The van der Waals surface area contributed by atoms with Crippen molar-refractivity contribution >= 4 is 11.9 Å². The summed E-state index contributed by atoms with van der Waals surface area (Å²) in [4.78, 5) is 21.5. The number of rotatable bonds is 11. The molecule has 0 fully saturated rings. The highest BCUT2D eigenvalue weighted by atomic mass is 16.5. The average Bonchev–Trinajstić information content (AvgIpc) is 2.67. The summed E-state index contributed by atoms with van der Waals surface area (Å²) in [5.74, 6) is -0.769. The summed E-state index contributed by atoms with van der Waals surface area (Å²) in [6.45, 7) is 0.666. The molecule has 0 heterocycles. The largest absolute Gasteiger partial charge is 0.490 e. The molecule has 8 nitrogen and oxygen atoms in total. The van der Waals surface area contributed by atoms with E-state index < -0.39 is 24.0 Å². The van der Waals surface area contributed by atoms with Gasteiger partial charge in [0.1, 0.15) is 36.8 Å². The van der Waals surface area contributed by atoms with Crippen LogP contribution in [0.2, 0.25) is 0 Å². The SMILES string of the molecule is NC(Cc1ccc(OCCOc2ccc(CC(N)C(=O)O)cc2)cc1)C(=O)O. The molecule has 2 atom stereocenters. The minimum absolute atomic E-state index is 0.256. The fourth-order valence-electron chi connectivity index (χ4n) is 2.45. The van der Waals surface area contributed by atoms with Gasteiger partial charge in [-0.3, -0.25) is 9.59 Å². The minimum atomic E-state index is -1.03. The molecule has 150 valence electrons. The van der Waals surface area contributed by atoms with E-state index in [1.54, 1.807) is 48.5 Å². The standard InChI is InChI=1S/C20H24N2O6/c21-17(19(23)24)11-13-1-5-15(6-2-13)27-9-10-28-16-7-3-14(4-8-16)12-18(22)20(25)26/h1-8,17-18H,9-12,21-22H2,(H,23,24)(H,25,26). The van der Waals surface area contributed by atoms with Gasteiger partial charge in [-0.2, -0.15) is 0 Å². The average molecular weight is 388 g/mol. The zero-order valence-electron chi connectivity index (χ0n) is 15.3. The number of benzene rings is 2. The number of nitrogens with two attached hydrogens (primary N) is 2. The van der Waals surface area contributed by atoms with Crippen LogP contribution in [0.3, 0.4) is 0 Å². The molecule has 0 aliphatic carbocycles. The van der Waals surface area contributed by atoms with Gasteiger partial charge < -0.3 is 31.2 Å². The van der Waals surface area contributed by atoms with E-state index in [4.69, 9.17) is 31.2 Å². The monoisotopic (exact) mass is 388 g/mol. The fraction of sp³-hybridized carbons (Fsp3) is 0.300. The normalized spacial score (nSPS) is 12.8. The van der Waals surface area contributed by atoms with Crippen molar-refractivity contribution in [2.24, 2.45) is 11.5 Å². The number of hydrogen-bond acceptors (Lipinski definition) is 6. The first kappa shape index (κ1) is 21.2. The first-order valence-electron chi connectivity index (χ1n) is 8.75. The van der Waals surface area contributed by atoms with Crippen LogP contribution in [0.25, 0.3) is 0 Å². The maximum atomic E-state index is 10.8. The van der Waals surface area contributed by atoms with Crippen LogP contribution in [0.5, 0.6) is 11.5 Å². The van der Waals surface area contributed by atoms with Crippen molar-refractivity contribution < 1.29 is 29.3 Å². The van der Waals surface area contributed by atoms with Crippen LogP contribution in [-0.4, -0.2) is 47.4 Å². The van der Waals surface area contributed by atoms with Crippen LogP contribution in [0.1, 0.15) is 11.1 Å². The summed E-state index contributed by atoms with van der Waals surface area (Å²) in [5, 5.41) is 17.6. The quantitative estimate of drug-likeness (QED) is 0.418. The van der Waals surface area contributed by atoms with Crippen LogP contribution in [0.4, 0.5) is 0 Å². The number of hydrogen-bond donors (Lipinski definition) is 4. The molecule has 2 aromatic rings. The number of carboxylic acids is 2. The first-order valence-corrected chi connectivity index (χ1v) is 8.75. The van der Waals surface area contributed by atoms with Gasteiger partial charge in [0.25, 0.3) is 0 Å². The third-order valence-corrected chi connectivity index (χ3v) is 4.01. The highest BCUT2D eigenvalue weighted by Crippen LogP contribution is 2.15. The summed E-state index contributed by atoms with van der Waals surface area (Å²) >= 11 is 0. The molecule has 0 amide bonds. The summed E-state index contributed by atoms with van der Waals surface area (Å²) in [6, 6.07) is 12.3. The Kier molecular flexibility index (Phi) is 7.79. The smallest absolute Gasteiger partial charge is 0.320 e. The Hall–Kier alpha value is -3.10. The fourth-order valence-corrected chi connectivity index (χ4v) is 2.45. The van der Waals surface area contributed by atoms with E-state index in [1.165, 1.54) is 0 Å². The van der Waals surface area contributed by atoms with Gasteiger partial charge in [0.2, 0.25) is 0 Å². The van der Waals surface area contributed by atoms with Crippen LogP contribution < -0.4 is 20.9 Å². The van der Waals surface area contributed by atoms with Gasteiger partial charge in [-0.25, -0.2) is 0 Å². The highest BCUT2D eigenvalue weighted by molar-refractivity contribution is 5.73. The van der Waals surface area contributed by atoms with E-state index >= 15 is 0 Å². The maximum Gasteiger partial charge on any atom is 0.320 e. The molecule has 0 aliphatic heterocycles. The Morgan fingerprint density at radius 2 is 1.04 bits per heavy atom. The maximum absolute atomic E-state index is 10.8. The molecule has 0 radical (unpaired) electrons. The summed E-state index contributed by atoms with van der Waals surface area (Å²) in [6.07, 6.45) is 0.512. The van der Waals surface area contributed by atoms with Gasteiger partial charge in [0.05, 0.1) is 0 Å². The summed E-state index contributed by atoms with van der Waals surface area (Å²) < 4.78 is 11.2. The van der Waals surface area contributed by atoms with E-state index in [0.29, 0.717) is 24.7 Å². The Bertz CT molecular complexity index is 709. The molecule has 0 aliphatic rings. The van der Waals surface area contributed by atoms with E-state index in [0.717, 1.165) is 11.1 Å². The number of aliphatic carboxylic acids is 2. The molecule has 8 heteroatoms. The highest BCUT2D eigenvalue weighted by Gasteiger charge is 2.12. The van der Waals surface area contributed by atoms with E-state index in [9.17, 15) is 9.59 Å². The molecule has 6 N–H and O–H groups in total. The molecule has 0 aromatic heterocycles. The second-order valence-electron chi connectivity index (χ2n) is 6.28. The lowest BCUT2D eigenvalue weighted by molar-refractivity contribution is -0.139. The Morgan fingerprint density at radius 3 is 1.32 bits per heavy atom. The van der Waals surface area contributed by atoms with Crippen molar-refractivity contribution in [3.05, 3.63) is 59.7 Å². The topological polar surface area (TPSA) is 145 Å². The minimum Gasteiger partial charge on any atom is -0.490 e. The van der Waals surface area contributed by atoms with E-state index in [2.05, 4.69) is 0 Å². The lowest BCUT2D eigenvalue weighted by atomic mass is 10.1. The molecular formula is C20H24N2O6. The van der Waals surface area contributed by atoms with E-state index in [1.807, 2.05) is 0 Å². The second kappa shape index (κ2) is 10.3. The molecule has 0 saturated heterocycles. The lowest BCUT2D eigenvalue weighted by Gasteiger charge is -2.11. The molecular weight excluding hydrogens is 364 g/mol. The van der Waals surface area contributed by atoms with Gasteiger partial charge in [-0.15, -0.1) is 0 Å². The number of carbonyl (C=O) groups is 2. The van der Waals surface area contributed by atoms with Crippen molar-refractivity contribution in [2.75, 3.05) is 13.2 Å². The zero-order valence-corrected chi connectivity index (χ0v) is 15.3. The van der Waals surface area contributed by atoms with Gasteiger partial charge in [-0.05, 0) is 48.2 Å². The molecule has 0 spiro atoms. The van der Waals surface area contributed by atoms with Crippen LogP contribution in [0.15, 0.2) is 48.5 Å². The Balaban J connectivity index is 1.72. The van der Waals surface area contributed by atoms with Crippen LogP contribution in [-0.2, 0) is 22.4 Å². The zero-order chi connectivity index (χ0) is 20.5. The lowest BCUT2D eigenvalue weighted by Crippen LogP contribution is -2.32. The van der Waals surface area contributed by atoms with Crippen molar-refractivity contribution in [3.8, 4) is 11.5 Å². The van der Waals surface area contributed by atoms with Gasteiger partial charge in [0, 0.05) is 0 Å². The van der Waals surface area contributed by atoms with Crippen molar-refractivity contribution in [1.82, 2.24) is 0 Å². The summed E-state index contributed by atoms with van der Waals surface area (Å²) in [7, 11) is 0. The van der Waals surface area contributed by atoms with Gasteiger partial charge in [-0.1, -0.05) is 24.3 Å².